The van der Waals surface area contributed by atoms with Crippen molar-refractivity contribution in [1.82, 2.24) is 20.8 Å². The molecule has 0 saturated heterocycles. The highest BCUT2D eigenvalue weighted by Crippen LogP contribution is 2.15. The molecule has 4 N–H and O–H groups in total. The summed E-state index contributed by atoms with van der Waals surface area (Å²) in [6.45, 7) is 1.30. The van der Waals surface area contributed by atoms with Gasteiger partial charge in [0.05, 0.1) is 0 Å². The summed E-state index contributed by atoms with van der Waals surface area (Å²) in [5.41, 5.74) is 4.64. The Bertz CT molecular complexity index is 936. The zero-order valence-electron chi connectivity index (χ0n) is 14.0. The van der Waals surface area contributed by atoms with Crippen LogP contribution in [-0.2, 0) is 17.8 Å². The number of amides is 1. The Kier molecular flexibility index (Phi) is 5.73. The fourth-order valence-corrected chi connectivity index (χ4v) is 2.71. The molecule has 1 aromatic carbocycles. The predicted molar refractivity (Wildman–Crippen MR) is 96.9 cm³/mol. The minimum atomic E-state index is -0.706. The third kappa shape index (κ3) is 4.33. The number of hydrogen-bond donors (Lipinski definition) is 4. The lowest BCUT2D eigenvalue weighted by molar-refractivity contribution is -0.124. The second-order valence-electron chi connectivity index (χ2n) is 5.80. The molecule has 0 spiro atoms. The maximum absolute atomic E-state index is 14.0. The summed E-state index contributed by atoms with van der Waals surface area (Å²) in [6, 6.07) is 8.83. The third-order valence-corrected chi connectivity index (χ3v) is 4.04. The molecule has 134 valence electrons. The zero-order valence-corrected chi connectivity index (χ0v) is 14.0. The number of nitrogens with zero attached hydrogens (tertiary/aromatic N) is 1. The molecule has 0 fully saturated rings. The normalized spacial score (nSPS) is 11.3. The highest BCUT2D eigenvalue weighted by molar-refractivity contribution is 5.90. The predicted octanol–water partition coefficient (Wildman–Crippen LogP) is 2.55. The van der Waals surface area contributed by atoms with Crippen LogP contribution < -0.4 is 10.8 Å². The monoisotopic (exact) mass is 354 g/mol. The molecule has 0 aliphatic rings. The van der Waals surface area contributed by atoms with Crippen molar-refractivity contribution in [3.63, 3.8) is 0 Å². The number of aromatic nitrogens is 2. The molecule has 7 heteroatoms. The Labute approximate surface area is 149 Å². The molecule has 3 rings (SSSR count). The molecule has 3 aromatic rings. The van der Waals surface area contributed by atoms with Gasteiger partial charge in [0.25, 0.3) is 5.91 Å². The number of aromatic amines is 1. The standard InChI is InChI=1S/C19H19FN4O2/c20-17-11-13(1-2-15(17)3-4-18(25)24-26)12-21-8-5-14-6-9-22-19-16(14)7-10-23-19/h1-4,6-7,9-11,21,26H,5,8,12H2,(H,22,23)(H,24,25)/b4-3+. The van der Waals surface area contributed by atoms with Gasteiger partial charge in [0.2, 0.25) is 0 Å². The molecule has 0 saturated carbocycles. The molecule has 0 unspecified atom stereocenters. The van der Waals surface area contributed by atoms with Crippen molar-refractivity contribution in [1.29, 1.82) is 0 Å². The molecule has 2 aromatic heterocycles. The average Bonchev–Trinajstić information content (AvgIpc) is 3.13. The van der Waals surface area contributed by atoms with Crippen molar-refractivity contribution < 1.29 is 14.4 Å². The van der Waals surface area contributed by atoms with Crippen LogP contribution in [0.5, 0.6) is 0 Å². The Morgan fingerprint density at radius 2 is 2.19 bits per heavy atom. The van der Waals surface area contributed by atoms with Crippen molar-refractivity contribution in [2.45, 2.75) is 13.0 Å². The van der Waals surface area contributed by atoms with E-state index in [0.29, 0.717) is 6.54 Å². The van der Waals surface area contributed by atoms with Crippen molar-refractivity contribution in [3.05, 3.63) is 71.3 Å². The molecule has 0 aliphatic heterocycles. The lowest BCUT2D eigenvalue weighted by atomic mass is 10.1. The third-order valence-electron chi connectivity index (χ3n) is 4.04. The molecule has 6 nitrogen and oxygen atoms in total. The van der Waals surface area contributed by atoms with Crippen molar-refractivity contribution in [2.75, 3.05) is 6.54 Å². The average molecular weight is 354 g/mol. The first-order chi connectivity index (χ1) is 12.7. The fraction of sp³-hybridized carbons (Fsp3) is 0.158. The number of carbonyl (C=O) groups excluding carboxylic acids is 1. The largest absolute Gasteiger partial charge is 0.346 e. The Balaban J connectivity index is 1.53. The van der Waals surface area contributed by atoms with Gasteiger partial charge in [0.15, 0.2) is 0 Å². The van der Waals surface area contributed by atoms with Gasteiger partial charge in [0.1, 0.15) is 11.5 Å². The van der Waals surface area contributed by atoms with Gasteiger partial charge in [-0.05, 0) is 48.4 Å². The van der Waals surface area contributed by atoms with E-state index in [9.17, 15) is 9.18 Å². The SMILES string of the molecule is O=C(/C=C/c1ccc(CNCCc2ccnc3[nH]ccc23)cc1F)NO. The zero-order chi connectivity index (χ0) is 18.4. The lowest BCUT2D eigenvalue weighted by Crippen LogP contribution is -2.17. The van der Waals surface area contributed by atoms with Gasteiger partial charge < -0.3 is 10.3 Å². The van der Waals surface area contributed by atoms with E-state index in [2.05, 4.69) is 15.3 Å². The van der Waals surface area contributed by atoms with E-state index in [1.807, 2.05) is 18.3 Å². The molecule has 0 bridgehead atoms. The van der Waals surface area contributed by atoms with Crippen LogP contribution in [0.25, 0.3) is 17.1 Å². The summed E-state index contributed by atoms with van der Waals surface area (Å²) in [5, 5.41) is 12.8. The van der Waals surface area contributed by atoms with Crippen LogP contribution in [0.4, 0.5) is 4.39 Å². The Morgan fingerprint density at radius 3 is 3.00 bits per heavy atom. The number of fused-ring (bicyclic) bond motifs is 1. The van der Waals surface area contributed by atoms with E-state index in [4.69, 9.17) is 5.21 Å². The minimum absolute atomic E-state index is 0.281. The molecule has 1 amide bonds. The van der Waals surface area contributed by atoms with Crippen LogP contribution in [0.3, 0.4) is 0 Å². The van der Waals surface area contributed by atoms with Gasteiger partial charge in [-0.25, -0.2) is 14.9 Å². The molecule has 0 radical (unpaired) electrons. The molecule has 0 atom stereocenters. The van der Waals surface area contributed by atoms with Gasteiger partial charge in [0, 0.05) is 36.0 Å². The van der Waals surface area contributed by atoms with Crippen LogP contribution in [0.2, 0.25) is 0 Å². The fourth-order valence-electron chi connectivity index (χ4n) is 2.71. The number of carbonyl (C=O) groups is 1. The van der Waals surface area contributed by atoms with E-state index >= 15 is 0 Å². The van der Waals surface area contributed by atoms with Crippen molar-refractivity contribution >= 4 is 23.0 Å². The quantitative estimate of drug-likeness (QED) is 0.227. The van der Waals surface area contributed by atoms with Crippen molar-refractivity contribution in [2.24, 2.45) is 0 Å². The topological polar surface area (TPSA) is 90.0 Å². The number of benzene rings is 1. The minimum Gasteiger partial charge on any atom is -0.346 e. The lowest BCUT2D eigenvalue weighted by Gasteiger charge is -2.07. The maximum Gasteiger partial charge on any atom is 0.267 e. The number of hydroxylamine groups is 1. The van der Waals surface area contributed by atoms with Crippen LogP contribution in [0, 0.1) is 5.82 Å². The number of pyridine rings is 1. The van der Waals surface area contributed by atoms with Gasteiger partial charge >= 0.3 is 0 Å². The second-order valence-corrected chi connectivity index (χ2v) is 5.80. The van der Waals surface area contributed by atoms with E-state index < -0.39 is 11.7 Å². The summed E-state index contributed by atoms with van der Waals surface area (Å²) >= 11 is 0. The smallest absolute Gasteiger partial charge is 0.267 e. The number of nitrogens with one attached hydrogen (secondary N) is 3. The number of halogens is 1. The summed E-state index contributed by atoms with van der Waals surface area (Å²) in [5.74, 6) is -1.13. The Morgan fingerprint density at radius 1 is 1.31 bits per heavy atom. The summed E-state index contributed by atoms with van der Waals surface area (Å²) in [6.07, 6.45) is 6.87. The van der Waals surface area contributed by atoms with Gasteiger partial charge in [-0.15, -0.1) is 0 Å². The first-order valence-electron chi connectivity index (χ1n) is 8.19. The number of rotatable bonds is 7. The maximum atomic E-state index is 14.0. The molecular weight excluding hydrogens is 335 g/mol. The number of H-pyrrole nitrogens is 1. The summed E-state index contributed by atoms with van der Waals surface area (Å²) < 4.78 is 14.0. The second kappa shape index (κ2) is 8.37. The molecular formula is C19H19FN4O2. The van der Waals surface area contributed by atoms with E-state index in [-0.39, 0.29) is 5.56 Å². The van der Waals surface area contributed by atoms with Crippen LogP contribution in [-0.4, -0.2) is 27.6 Å². The van der Waals surface area contributed by atoms with Gasteiger partial charge in [-0.2, -0.15) is 0 Å². The Hall–Kier alpha value is -3.03. The highest BCUT2D eigenvalue weighted by Gasteiger charge is 2.04. The van der Waals surface area contributed by atoms with Gasteiger partial charge in [-0.1, -0.05) is 12.1 Å². The van der Waals surface area contributed by atoms with E-state index in [1.165, 1.54) is 23.2 Å². The summed E-state index contributed by atoms with van der Waals surface area (Å²) in [7, 11) is 0. The van der Waals surface area contributed by atoms with Gasteiger partial charge in [-0.3, -0.25) is 10.0 Å². The number of hydrogen-bond acceptors (Lipinski definition) is 4. The first kappa shape index (κ1) is 17.8. The first-order valence-corrected chi connectivity index (χ1v) is 8.19. The van der Waals surface area contributed by atoms with E-state index in [1.54, 1.807) is 18.3 Å². The molecule has 26 heavy (non-hydrogen) atoms. The highest BCUT2D eigenvalue weighted by atomic mass is 19.1. The molecule has 0 aliphatic carbocycles. The van der Waals surface area contributed by atoms with Crippen LogP contribution in [0.1, 0.15) is 16.7 Å². The summed E-state index contributed by atoms with van der Waals surface area (Å²) in [4.78, 5) is 18.3. The van der Waals surface area contributed by atoms with Crippen LogP contribution >= 0.6 is 0 Å². The van der Waals surface area contributed by atoms with Crippen LogP contribution in [0.15, 0.2) is 48.8 Å². The molecule has 2 heterocycles. The van der Waals surface area contributed by atoms with E-state index in [0.717, 1.165) is 35.6 Å². The van der Waals surface area contributed by atoms with Crippen molar-refractivity contribution in [3.8, 4) is 0 Å².